The van der Waals surface area contributed by atoms with Gasteiger partial charge in [0, 0.05) is 25.9 Å². The van der Waals surface area contributed by atoms with Gasteiger partial charge in [0.05, 0.1) is 6.04 Å². The second-order valence-electron chi connectivity index (χ2n) is 8.56. The van der Waals surface area contributed by atoms with Crippen LogP contribution in [0.5, 0.6) is 0 Å². The van der Waals surface area contributed by atoms with Gasteiger partial charge < -0.3 is 4.90 Å². The van der Waals surface area contributed by atoms with E-state index in [1.165, 1.54) is 38.5 Å². The summed E-state index contributed by atoms with van der Waals surface area (Å²) in [5, 5.41) is 0. The van der Waals surface area contributed by atoms with E-state index in [0.717, 1.165) is 29.7 Å². The van der Waals surface area contributed by atoms with Crippen molar-refractivity contribution in [2.45, 2.75) is 57.9 Å². The van der Waals surface area contributed by atoms with Gasteiger partial charge in [-0.25, -0.2) is 0 Å². The zero-order chi connectivity index (χ0) is 16.0. The molecule has 4 aliphatic carbocycles. The molecule has 4 saturated carbocycles. The van der Waals surface area contributed by atoms with Gasteiger partial charge in [0.15, 0.2) is 0 Å². The van der Waals surface area contributed by atoms with Gasteiger partial charge in [0.2, 0.25) is 5.91 Å². The molecule has 23 heavy (non-hydrogen) atoms. The topological polar surface area (TPSA) is 33.2 Å². The van der Waals surface area contributed by atoms with Crippen LogP contribution in [0.25, 0.3) is 0 Å². The van der Waals surface area contributed by atoms with Crippen LogP contribution in [0, 0.1) is 23.2 Å². The van der Waals surface area contributed by atoms with Gasteiger partial charge in [-0.15, -0.1) is 0 Å². The standard InChI is InChI=1S/C20H28N2O/c1-14(18-4-3-5-21-13-18)22(2)19(23)12-20-9-15-6-16(10-20)8-17(7-15)11-20/h3-5,13-17H,6-12H2,1-2H3/t14-,15?,16?,17?,20?/m1/s1. The highest BCUT2D eigenvalue weighted by Crippen LogP contribution is 2.61. The molecular formula is C20H28N2O. The molecule has 4 bridgehead atoms. The van der Waals surface area contributed by atoms with E-state index in [0.29, 0.717) is 11.3 Å². The largest absolute Gasteiger partial charge is 0.339 e. The molecule has 0 radical (unpaired) electrons. The lowest BCUT2D eigenvalue weighted by Crippen LogP contribution is -2.48. The molecule has 1 amide bonds. The van der Waals surface area contributed by atoms with E-state index in [1.54, 1.807) is 6.20 Å². The number of hydrogen-bond acceptors (Lipinski definition) is 2. The molecule has 1 atom stereocenters. The predicted molar refractivity (Wildman–Crippen MR) is 90.6 cm³/mol. The fourth-order valence-corrected chi connectivity index (χ4v) is 6.01. The average Bonchev–Trinajstić information content (AvgIpc) is 2.52. The molecule has 124 valence electrons. The third-order valence-electron chi connectivity index (χ3n) is 6.83. The average molecular weight is 312 g/mol. The molecule has 0 unspecified atom stereocenters. The van der Waals surface area contributed by atoms with Crippen molar-refractivity contribution < 1.29 is 4.79 Å². The number of aromatic nitrogens is 1. The van der Waals surface area contributed by atoms with Crippen molar-refractivity contribution in [2.24, 2.45) is 23.2 Å². The molecule has 1 heterocycles. The van der Waals surface area contributed by atoms with Crippen LogP contribution in [0.3, 0.4) is 0 Å². The maximum Gasteiger partial charge on any atom is 0.223 e. The van der Waals surface area contributed by atoms with Gasteiger partial charge >= 0.3 is 0 Å². The first-order valence-corrected chi connectivity index (χ1v) is 9.20. The lowest BCUT2D eigenvalue weighted by Gasteiger charge is -2.57. The normalized spacial score (nSPS) is 36.0. The minimum atomic E-state index is 0.102. The maximum atomic E-state index is 12.9. The molecule has 1 aromatic rings. The van der Waals surface area contributed by atoms with E-state index in [4.69, 9.17) is 0 Å². The van der Waals surface area contributed by atoms with Crippen LogP contribution >= 0.6 is 0 Å². The van der Waals surface area contributed by atoms with Crippen LogP contribution in [0.2, 0.25) is 0 Å². The Balaban J connectivity index is 1.45. The first-order chi connectivity index (χ1) is 11.0. The monoisotopic (exact) mass is 312 g/mol. The molecule has 0 spiro atoms. The van der Waals surface area contributed by atoms with E-state index in [9.17, 15) is 4.79 Å². The second kappa shape index (κ2) is 5.61. The Hall–Kier alpha value is -1.38. The first kappa shape index (κ1) is 15.2. The van der Waals surface area contributed by atoms with Gasteiger partial charge in [0.1, 0.15) is 0 Å². The number of hydrogen-bond donors (Lipinski definition) is 0. The van der Waals surface area contributed by atoms with E-state index < -0.39 is 0 Å². The zero-order valence-corrected chi connectivity index (χ0v) is 14.4. The third kappa shape index (κ3) is 2.79. The number of amides is 1. The van der Waals surface area contributed by atoms with Crippen molar-refractivity contribution in [3.63, 3.8) is 0 Å². The fraction of sp³-hybridized carbons (Fsp3) is 0.700. The molecular weight excluding hydrogens is 284 g/mol. The fourth-order valence-electron chi connectivity index (χ4n) is 6.01. The summed E-state index contributed by atoms with van der Waals surface area (Å²) in [6, 6.07) is 4.11. The molecule has 4 aliphatic rings. The highest BCUT2D eigenvalue weighted by molar-refractivity contribution is 5.77. The summed E-state index contributed by atoms with van der Waals surface area (Å²) in [4.78, 5) is 19.1. The Bertz CT molecular complexity index is 547. The molecule has 1 aromatic heterocycles. The summed E-state index contributed by atoms with van der Waals surface area (Å²) < 4.78 is 0. The third-order valence-corrected chi connectivity index (χ3v) is 6.83. The van der Waals surface area contributed by atoms with Crippen molar-refractivity contribution in [1.82, 2.24) is 9.88 Å². The summed E-state index contributed by atoms with van der Waals surface area (Å²) in [6.45, 7) is 2.11. The summed E-state index contributed by atoms with van der Waals surface area (Å²) in [5.74, 6) is 3.06. The van der Waals surface area contributed by atoms with Crippen LogP contribution in [0.4, 0.5) is 0 Å². The number of carbonyl (C=O) groups is 1. The molecule has 0 N–H and O–H groups in total. The Morgan fingerprint density at radius 3 is 2.39 bits per heavy atom. The molecule has 3 heteroatoms. The van der Waals surface area contributed by atoms with Crippen molar-refractivity contribution in [3.05, 3.63) is 30.1 Å². The van der Waals surface area contributed by atoms with Gasteiger partial charge in [0.25, 0.3) is 0 Å². The summed E-state index contributed by atoms with van der Waals surface area (Å²) >= 11 is 0. The molecule has 5 rings (SSSR count). The van der Waals surface area contributed by atoms with E-state index in [1.807, 2.05) is 24.2 Å². The molecule has 0 saturated heterocycles. The number of nitrogens with zero attached hydrogens (tertiary/aromatic N) is 2. The Morgan fingerprint density at radius 1 is 1.26 bits per heavy atom. The van der Waals surface area contributed by atoms with Crippen molar-refractivity contribution >= 4 is 5.91 Å². The van der Waals surface area contributed by atoms with Gasteiger partial charge in [-0.3, -0.25) is 9.78 Å². The van der Waals surface area contributed by atoms with Gasteiger partial charge in [-0.05, 0) is 80.2 Å². The van der Waals surface area contributed by atoms with Gasteiger partial charge in [-0.2, -0.15) is 0 Å². The van der Waals surface area contributed by atoms with Crippen LogP contribution in [-0.2, 0) is 4.79 Å². The minimum Gasteiger partial charge on any atom is -0.339 e. The summed E-state index contributed by atoms with van der Waals surface area (Å²) in [7, 11) is 1.96. The van der Waals surface area contributed by atoms with E-state index in [-0.39, 0.29) is 6.04 Å². The smallest absolute Gasteiger partial charge is 0.223 e. The zero-order valence-electron chi connectivity index (χ0n) is 14.4. The summed E-state index contributed by atoms with van der Waals surface area (Å²) in [5.41, 5.74) is 1.45. The first-order valence-electron chi connectivity index (χ1n) is 9.20. The number of pyridine rings is 1. The number of rotatable bonds is 4. The quantitative estimate of drug-likeness (QED) is 0.834. The van der Waals surface area contributed by atoms with Crippen LogP contribution in [0.1, 0.15) is 63.5 Å². The lowest BCUT2D eigenvalue weighted by molar-refractivity contribution is -0.140. The van der Waals surface area contributed by atoms with Crippen LogP contribution in [-0.4, -0.2) is 22.8 Å². The van der Waals surface area contributed by atoms with Crippen molar-refractivity contribution in [2.75, 3.05) is 7.05 Å². The van der Waals surface area contributed by atoms with Gasteiger partial charge in [-0.1, -0.05) is 6.07 Å². The van der Waals surface area contributed by atoms with Crippen LogP contribution in [0.15, 0.2) is 24.5 Å². The molecule has 3 nitrogen and oxygen atoms in total. The van der Waals surface area contributed by atoms with E-state index >= 15 is 0 Å². The van der Waals surface area contributed by atoms with E-state index in [2.05, 4.69) is 18.0 Å². The second-order valence-corrected chi connectivity index (χ2v) is 8.56. The van der Waals surface area contributed by atoms with Crippen LogP contribution < -0.4 is 0 Å². The molecule has 4 fully saturated rings. The Labute approximate surface area is 139 Å². The Morgan fingerprint density at radius 2 is 1.87 bits per heavy atom. The molecule has 0 aliphatic heterocycles. The SMILES string of the molecule is C[C@H](c1cccnc1)N(C)C(=O)CC12CC3CC(CC(C3)C1)C2. The Kier molecular flexibility index (Phi) is 3.70. The maximum absolute atomic E-state index is 12.9. The van der Waals surface area contributed by atoms with Crippen molar-refractivity contribution in [1.29, 1.82) is 0 Å². The highest BCUT2D eigenvalue weighted by atomic mass is 16.2. The molecule has 0 aromatic carbocycles. The summed E-state index contributed by atoms with van der Waals surface area (Å²) in [6.07, 6.45) is 12.7. The lowest BCUT2D eigenvalue weighted by atomic mass is 9.49. The predicted octanol–water partition coefficient (Wildman–Crippen LogP) is 4.21. The number of carbonyl (C=O) groups excluding carboxylic acids is 1. The minimum absolute atomic E-state index is 0.102. The highest BCUT2D eigenvalue weighted by Gasteiger charge is 2.51. The van der Waals surface area contributed by atoms with Crippen molar-refractivity contribution in [3.8, 4) is 0 Å².